The fourth-order valence-electron chi connectivity index (χ4n) is 3.08. The first-order chi connectivity index (χ1) is 14.8. The number of carbonyl (C=O) groups excluding carboxylic acids is 3. The molecule has 0 bridgehead atoms. The summed E-state index contributed by atoms with van der Waals surface area (Å²) in [4.78, 5) is 37.6. The van der Waals surface area contributed by atoms with Gasteiger partial charge in [-0.1, -0.05) is 74.0 Å². The van der Waals surface area contributed by atoms with E-state index in [1.54, 1.807) is 30.3 Å². The number of hydrogen-bond acceptors (Lipinski definition) is 4. The maximum absolute atomic E-state index is 12.9. The number of rotatable bonds is 7. The molecule has 3 aromatic rings. The van der Waals surface area contributed by atoms with Gasteiger partial charge in [0, 0.05) is 16.8 Å². The number of ketones is 1. The van der Waals surface area contributed by atoms with Crippen LogP contribution in [0.1, 0.15) is 57.2 Å². The largest absolute Gasteiger partial charge is 0.452 e. The Kier molecular flexibility index (Phi) is 6.98. The standard InChI is InChI=1S/C26H25NO4/c1-17(2)19-12-14-21(15-13-19)27-24(28)16-31-26(30)23-7-5-4-6-22(23)25(29)20-10-8-18(3)9-11-20/h4-15,17H,16H2,1-3H3,(H,27,28). The van der Waals surface area contributed by atoms with E-state index in [0.717, 1.165) is 5.56 Å². The fraction of sp³-hybridized carbons (Fsp3) is 0.192. The maximum Gasteiger partial charge on any atom is 0.339 e. The van der Waals surface area contributed by atoms with Crippen LogP contribution >= 0.6 is 0 Å². The normalized spacial score (nSPS) is 10.6. The number of amides is 1. The molecule has 0 aliphatic rings. The van der Waals surface area contributed by atoms with Crippen molar-refractivity contribution < 1.29 is 19.1 Å². The Morgan fingerprint density at radius 1 is 0.839 bits per heavy atom. The lowest BCUT2D eigenvalue weighted by atomic mass is 9.98. The average molecular weight is 415 g/mol. The molecular weight excluding hydrogens is 390 g/mol. The predicted molar refractivity (Wildman–Crippen MR) is 120 cm³/mol. The van der Waals surface area contributed by atoms with Gasteiger partial charge in [-0.15, -0.1) is 0 Å². The van der Waals surface area contributed by atoms with E-state index in [1.165, 1.54) is 11.6 Å². The molecule has 0 aliphatic heterocycles. The summed E-state index contributed by atoms with van der Waals surface area (Å²) in [6.07, 6.45) is 0. The minimum atomic E-state index is -0.721. The Bertz CT molecular complexity index is 1080. The molecule has 0 aromatic heterocycles. The van der Waals surface area contributed by atoms with E-state index in [9.17, 15) is 14.4 Å². The summed E-state index contributed by atoms with van der Waals surface area (Å²) < 4.78 is 5.17. The highest BCUT2D eigenvalue weighted by atomic mass is 16.5. The molecule has 1 N–H and O–H groups in total. The van der Waals surface area contributed by atoms with Crippen LogP contribution in [0, 0.1) is 6.92 Å². The molecule has 0 radical (unpaired) electrons. The third kappa shape index (κ3) is 5.66. The van der Waals surface area contributed by atoms with E-state index in [4.69, 9.17) is 4.74 Å². The fourth-order valence-corrected chi connectivity index (χ4v) is 3.08. The third-order valence-corrected chi connectivity index (χ3v) is 4.90. The SMILES string of the molecule is Cc1ccc(C(=O)c2ccccc2C(=O)OCC(=O)Nc2ccc(C(C)C)cc2)cc1. The van der Waals surface area contributed by atoms with E-state index < -0.39 is 18.5 Å². The molecule has 0 aliphatic carbocycles. The lowest BCUT2D eigenvalue weighted by molar-refractivity contribution is -0.119. The van der Waals surface area contributed by atoms with Crippen molar-refractivity contribution in [2.24, 2.45) is 0 Å². The van der Waals surface area contributed by atoms with Gasteiger partial charge >= 0.3 is 5.97 Å². The highest BCUT2D eigenvalue weighted by Crippen LogP contribution is 2.18. The molecule has 0 saturated heterocycles. The van der Waals surface area contributed by atoms with Gasteiger partial charge in [0.1, 0.15) is 0 Å². The lowest BCUT2D eigenvalue weighted by Crippen LogP contribution is -2.22. The first-order valence-electron chi connectivity index (χ1n) is 10.1. The number of esters is 1. The van der Waals surface area contributed by atoms with Crippen LogP contribution in [0.2, 0.25) is 0 Å². The van der Waals surface area contributed by atoms with Crippen molar-refractivity contribution in [3.63, 3.8) is 0 Å². The van der Waals surface area contributed by atoms with E-state index in [2.05, 4.69) is 19.2 Å². The number of carbonyl (C=O) groups is 3. The highest BCUT2D eigenvalue weighted by molar-refractivity contribution is 6.14. The molecule has 158 valence electrons. The molecule has 1 amide bonds. The van der Waals surface area contributed by atoms with Gasteiger partial charge in [-0.3, -0.25) is 9.59 Å². The van der Waals surface area contributed by atoms with Crippen LogP contribution in [0.4, 0.5) is 5.69 Å². The third-order valence-electron chi connectivity index (χ3n) is 4.90. The Balaban J connectivity index is 1.65. The van der Waals surface area contributed by atoms with Gasteiger partial charge in [-0.2, -0.15) is 0 Å². The first-order valence-corrected chi connectivity index (χ1v) is 10.1. The van der Waals surface area contributed by atoms with Gasteiger partial charge in [0.25, 0.3) is 5.91 Å². The summed E-state index contributed by atoms with van der Waals surface area (Å²) in [5.41, 5.74) is 3.67. The minimum absolute atomic E-state index is 0.127. The van der Waals surface area contributed by atoms with E-state index in [1.807, 2.05) is 43.3 Å². The number of hydrogen-bond donors (Lipinski definition) is 1. The number of nitrogens with one attached hydrogen (secondary N) is 1. The summed E-state index contributed by atoms with van der Waals surface area (Å²) in [6, 6.07) is 21.1. The van der Waals surface area contributed by atoms with Crippen LogP contribution in [0.25, 0.3) is 0 Å². The monoisotopic (exact) mass is 415 g/mol. The van der Waals surface area contributed by atoms with Gasteiger partial charge in [-0.05, 0) is 36.6 Å². The van der Waals surface area contributed by atoms with Gasteiger partial charge in [-0.25, -0.2) is 4.79 Å². The van der Waals surface area contributed by atoms with E-state index in [0.29, 0.717) is 17.2 Å². The van der Waals surface area contributed by atoms with Crippen molar-refractivity contribution in [1.82, 2.24) is 0 Å². The van der Waals surface area contributed by atoms with Crippen molar-refractivity contribution in [3.8, 4) is 0 Å². The Hall–Kier alpha value is -3.73. The highest BCUT2D eigenvalue weighted by Gasteiger charge is 2.20. The zero-order valence-corrected chi connectivity index (χ0v) is 17.8. The molecule has 0 unspecified atom stereocenters. The maximum atomic E-state index is 12.9. The second-order valence-electron chi connectivity index (χ2n) is 7.64. The number of benzene rings is 3. The number of aryl methyl sites for hydroxylation is 1. The van der Waals surface area contributed by atoms with E-state index in [-0.39, 0.29) is 16.9 Å². The molecular formula is C26H25NO4. The molecule has 3 rings (SSSR count). The van der Waals surface area contributed by atoms with Crippen LogP contribution < -0.4 is 5.32 Å². The average Bonchev–Trinajstić information content (AvgIpc) is 2.78. The van der Waals surface area contributed by atoms with Gasteiger partial charge in [0.05, 0.1) is 5.56 Å². The van der Waals surface area contributed by atoms with E-state index >= 15 is 0 Å². The summed E-state index contributed by atoms with van der Waals surface area (Å²) in [6.45, 7) is 5.67. The molecule has 31 heavy (non-hydrogen) atoms. The summed E-state index contributed by atoms with van der Waals surface area (Å²) in [5.74, 6) is -1.05. The molecule has 0 saturated carbocycles. The lowest BCUT2D eigenvalue weighted by Gasteiger charge is -2.10. The smallest absolute Gasteiger partial charge is 0.339 e. The first kappa shape index (κ1) is 22.0. The minimum Gasteiger partial charge on any atom is -0.452 e. The molecule has 5 nitrogen and oxygen atoms in total. The van der Waals surface area contributed by atoms with Crippen molar-refractivity contribution in [2.75, 3.05) is 11.9 Å². The van der Waals surface area contributed by atoms with Crippen molar-refractivity contribution >= 4 is 23.3 Å². The quantitative estimate of drug-likeness (QED) is 0.428. The van der Waals surface area contributed by atoms with Gasteiger partial charge in [0.2, 0.25) is 0 Å². The van der Waals surface area contributed by atoms with Crippen LogP contribution in [-0.2, 0) is 9.53 Å². The zero-order valence-electron chi connectivity index (χ0n) is 17.8. The summed E-state index contributed by atoms with van der Waals surface area (Å²) >= 11 is 0. The molecule has 0 spiro atoms. The van der Waals surface area contributed by atoms with Crippen LogP contribution in [0.15, 0.2) is 72.8 Å². The predicted octanol–water partition coefficient (Wildman–Crippen LogP) is 5.14. The van der Waals surface area contributed by atoms with Crippen LogP contribution in [0.3, 0.4) is 0 Å². The van der Waals surface area contributed by atoms with Gasteiger partial charge < -0.3 is 10.1 Å². The van der Waals surface area contributed by atoms with Crippen molar-refractivity contribution in [2.45, 2.75) is 26.7 Å². The number of ether oxygens (including phenoxy) is 1. The van der Waals surface area contributed by atoms with Crippen LogP contribution in [0.5, 0.6) is 0 Å². The summed E-state index contributed by atoms with van der Waals surface area (Å²) in [5, 5.41) is 2.70. The van der Waals surface area contributed by atoms with Crippen LogP contribution in [-0.4, -0.2) is 24.3 Å². The van der Waals surface area contributed by atoms with Crippen molar-refractivity contribution in [3.05, 3.63) is 101 Å². The molecule has 0 fully saturated rings. The number of anilines is 1. The molecule has 3 aromatic carbocycles. The zero-order chi connectivity index (χ0) is 22.4. The summed E-state index contributed by atoms with van der Waals surface area (Å²) in [7, 11) is 0. The topological polar surface area (TPSA) is 72.5 Å². The Morgan fingerprint density at radius 2 is 1.45 bits per heavy atom. The second-order valence-corrected chi connectivity index (χ2v) is 7.64. The second kappa shape index (κ2) is 9.85. The molecule has 5 heteroatoms. The van der Waals surface area contributed by atoms with Gasteiger partial charge in [0.15, 0.2) is 12.4 Å². The Labute approximate surface area is 182 Å². The molecule has 0 atom stereocenters. The Morgan fingerprint density at radius 3 is 2.06 bits per heavy atom. The molecule has 0 heterocycles. The van der Waals surface area contributed by atoms with Crippen molar-refractivity contribution in [1.29, 1.82) is 0 Å².